The first kappa shape index (κ1) is 13.2. The van der Waals surface area contributed by atoms with Gasteiger partial charge in [-0.1, -0.05) is 30.7 Å². The van der Waals surface area contributed by atoms with E-state index in [2.05, 4.69) is 51.2 Å². The van der Waals surface area contributed by atoms with Crippen LogP contribution in [0.15, 0.2) is 18.2 Å². The monoisotopic (exact) mass is 221 g/mol. The lowest BCUT2D eigenvalue weighted by Gasteiger charge is -2.23. The Morgan fingerprint density at radius 1 is 1.31 bits per heavy atom. The van der Waals surface area contributed by atoms with E-state index >= 15 is 0 Å². The number of hydrogen-bond donors (Lipinski definition) is 2. The molecule has 2 nitrogen and oxygen atoms in total. The first-order chi connectivity index (χ1) is 7.58. The Morgan fingerprint density at radius 3 is 2.56 bits per heavy atom. The van der Waals surface area contributed by atoms with E-state index in [4.69, 9.17) is 0 Å². The summed E-state index contributed by atoms with van der Waals surface area (Å²) in [5, 5.41) is 12.9. The lowest BCUT2D eigenvalue weighted by atomic mass is 9.98. The number of aliphatic hydroxyl groups is 1. The number of rotatable bonds is 5. The maximum Gasteiger partial charge on any atom is 0.0626 e. The average molecular weight is 221 g/mol. The number of aliphatic hydroxyl groups excluding tert-OH is 1. The maximum atomic E-state index is 9.48. The summed E-state index contributed by atoms with van der Waals surface area (Å²) in [7, 11) is 0. The van der Waals surface area contributed by atoms with E-state index in [-0.39, 0.29) is 12.6 Å². The molecule has 2 atom stereocenters. The SMILES string of the molecule is CCC(C)NC(CO)c1cc(C)ccc1C. The molecule has 0 aliphatic rings. The van der Waals surface area contributed by atoms with Crippen molar-refractivity contribution in [3.8, 4) is 0 Å². The standard InChI is InChI=1S/C14H23NO/c1-5-12(4)15-14(9-16)13-8-10(2)6-7-11(13)3/h6-8,12,14-16H,5,9H2,1-4H3. The van der Waals surface area contributed by atoms with Crippen LogP contribution >= 0.6 is 0 Å². The summed E-state index contributed by atoms with van der Waals surface area (Å²) in [5.74, 6) is 0. The quantitative estimate of drug-likeness (QED) is 0.801. The van der Waals surface area contributed by atoms with E-state index in [1.807, 2.05) is 0 Å². The molecule has 0 aliphatic carbocycles. The molecule has 90 valence electrons. The van der Waals surface area contributed by atoms with Crippen molar-refractivity contribution in [2.45, 2.75) is 46.2 Å². The van der Waals surface area contributed by atoms with Crippen LogP contribution in [0.4, 0.5) is 0 Å². The third-order valence-corrected chi connectivity index (χ3v) is 3.09. The lowest BCUT2D eigenvalue weighted by molar-refractivity contribution is 0.233. The van der Waals surface area contributed by atoms with Crippen molar-refractivity contribution in [1.29, 1.82) is 0 Å². The normalized spacial score (nSPS) is 14.8. The van der Waals surface area contributed by atoms with Gasteiger partial charge >= 0.3 is 0 Å². The molecule has 0 fully saturated rings. The van der Waals surface area contributed by atoms with Gasteiger partial charge in [0.25, 0.3) is 0 Å². The van der Waals surface area contributed by atoms with Gasteiger partial charge in [0.2, 0.25) is 0 Å². The molecule has 2 unspecified atom stereocenters. The Balaban J connectivity index is 2.89. The van der Waals surface area contributed by atoms with Crippen molar-refractivity contribution >= 4 is 0 Å². The van der Waals surface area contributed by atoms with Crippen LogP contribution in [0.2, 0.25) is 0 Å². The van der Waals surface area contributed by atoms with Crippen molar-refractivity contribution in [2.24, 2.45) is 0 Å². The molecular weight excluding hydrogens is 198 g/mol. The van der Waals surface area contributed by atoms with Crippen LogP contribution in [0.3, 0.4) is 0 Å². The van der Waals surface area contributed by atoms with Gasteiger partial charge in [0.05, 0.1) is 12.6 Å². The molecule has 0 radical (unpaired) electrons. The summed E-state index contributed by atoms with van der Waals surface area (Å²) in [6, 6.07) is 6.86. The first-order valence-electron chi connectivity index (χ1n) is 6.02. The summed E-state index contributed by atoms with van der Waals surface area (Å²) in [4.78, 5) is 0. The van der Waals surface area contributed by atoms with E-state index in [0.29, 0.717) is 6.04 Å². The fourth-order valence-electron chi connectivity index (χ4n) is 1.84. The Kier molecular flexibility index (Phi) is 4.97. The average Bonchev–Trinajstić information content (AvgIpc) is 2.29. The third-order valence-electron chi connectivity index (χ3n) is 3.09. The molecule has 0 bridgehead atoms. The molecule has 2 heteroatoms. The highest BCUT2D eigenvalue weighted by atomic mass is 16.3. The molecule has 0 aliphatic heterocycles. The van der Waals surface area contributed by atoms with Gasteiger partial charge in [0.1, 0.15) is 0 Å². The van der Waals surface area contributed by atoms with Gasteiger partial charge in [0.15, 0.2) is 0 Å². The summed E-state index contributed by atoms with van der Waals surface area (Å²) in [6.45, 7) is 8.62. The minimum absolute atomic E-state index is 0.0508. The Hall–Kier alpha value is -0.860. The van der Waals surface area contributed by atoms with Gasteiger partial charge in [-0.15, -0.1) is 0 Å². The molecule has 0 aromatic heterocycles. The highest BCUT2D eigenvalue weighted by molar-refractivity contribution is 5.33. The molecular formula is C14H23NO. The second-order valence-corrected chi connectivity index (χ2v) is 4.57. The molecule has 1 rings (SSSR count). The lowest BCUT2D eigenvalue weighted by Crippen LogP contribution is -2.32. The largest absolute Gasteiger partial charge is 0.394 e. The van der Waals surface area contributed by atoms with Crippen molar-refractivity contribution in [3.05, 3.63) is 34.9 Å². The van der Waals surface area contributed by atoms with E-state index < -0.39 is 0 Å². The zero-order valence-corrected chi connectivity index (χ0v) is 10.7. The zero-order valence-electron chi connectivity index (χ0n) is 10.7. The van der Waals surface area contributed by atoms with E-state index in [1.54, 1.807) is 0 Å². The second kappa shape index (κ2) is 6.02. The number of hydrogen-bond acceptors (Lipinski definition) is 2. The summed E-state index contributed by atoms with van der Waals surface area (Å²) >= 11 is 0. The summed E-state index contributed by atoms with van der Waals surface area (Å²) < 4.78 is 0. The summed E-state index contributed by atoms with van der Waals surface area (Å²) in [6.07, 6.45) is 1.07. The molecule has 1 aromatic rings. The molecule has 2 N–H and O–H groups in total. The smallest absolute Gasteiger partial charge is 0.0626 e. The fraction of sp³-hybridized carbons (Fsp3) is 0.571. The molecule has 0 saturated carbocycles. The van der Waals surface area contributed by atoms with Crippen molar-refractivity contribution in [2.75, 3.05) is 6.61 Å². The van der Waals surface area contributed by atoms with Crippen LogP contribution in [-0.2, 0) is 0 Å². The van der Waals surface area contributed by atoms with Crippen LogP contribution in [0.1, 0.15) is 43.0 Å². The van der Waals surface area contributed by atoms with Crippen LogP contribution in [-0.4, -0.2) is 17.8 Å². The van der Waals surface area contributed by atoms with Crippen molar-refractivity contribution in [3.63, 3.8) is 0 Å². The second-order valence-electron chi connectivity index (χ2n) is 4.57. The predicted octanol–water partition coefficient (Wildman–Crippen LogP) is 2.72. The molecule has 0 heterocycles. The van der Waals surface area contributed by atoms with Gasteiger partial charge in [0, 0.05) is 6.04 Å². The van der Waals surface area contributed by atoms with Crippen LogP contribution in [0.5, 0.6) is 0 Å². The molecule has 16 heavy (non-hydrogen) atoms. The van der Waals surface area contributed by atoms with Gasteiger partial charge in [-0.3, -0.25) is 0 Å². The van der Waals surface area contributed by atoms with Crippen molar-refractivity contribution in [1.82, 2.24) is 5.32 Å². The Labute approximate surface area is 98.7 Å². The minimum atomic E-state index is 0.0508. The minimum Gasteiger partial charge on any atom is -0.394 e. The van der Waals surface area contributed by atoms with Gasteiger partial charge in [-0.2, -0.15) is 0 Å². The van der Waals surface area contributed by atoms with Crippen LogP contribution in [0.25, 0.3) is 0 Å². The molecule has 0 amide bonds. The van der Waals surface area contributed by atoms with E-state index in [1.165, 1.54) is 16.7 Å². The molecule has 0 saturated heterocycles. The van der Waals surface area contributed by atoms with E-state index in [9.17, 15) is 5.11 Å². The predicted molar refractivity (Wildman–Crippen MR) is 68.6 cm³/mol. The number of aryl methyl sites for hydroxylation is 2. The maximum absolute atomic E-state index is 9.48. The third kappa shape index (κ3) is 3.32. The fourth-order valence-corrected chi connectivity index (χ4v) is 1.84. The molecule has 1 aromatic carbocycles. The first-order valence-corrected chi connectivity index (χ1v) is 6.02. The topological polar surface area (TPSA) is 32.3 Å². The van der Waals surface area contributed by atoms with Gasteiger partial charge in [-0.25, -0.2) is 0 Å². The van der Waals surface area contributed by atoms with Crippen molar-refractivity contribution < 1.29 is 5.11 Å². The highest BCUT2D eigenvalue weighted by Crippen LogP contribution is 2.19. The highest BCUT2D eigenvalue weighted by Gasteiger charge is 2.14. The number of benzene rings is 1. The van der Waals surface area contributed by atoms with Gasteiger partial charge < -0.3 is 10.4 Å². The Bertz CT molecular complexity index is 336. The Morgan fingerprint density at radius 2 is 2.00 bits per heavy atom. The van der Waals surface area contributed by atoms with Crippen LogP contribution in [0, 0.1) is 13.8 Å². The summed E-state index contributed by atoms with van der Waals surface area (Å²) in [5.41, 5.74) is 3.69. The van der Waals surface area contributed by atoms with Crippen LogP contribution < -0.4 is 5.32 Å². The van der Waals surface area contributed by atoms with E-state index in [0.717, 1.165) is 6.42 Å². The number of nitrogens with one attached hydrogen (secondary N) is 1. The zero-order chi connectivity index (χ0) is 12.1. The van der Waals surface area contributed by atoms with Gasteiger partial charge in [-0.05, 0) is 38.3 Å². The molecule has 0 spiro atoms.